The number of rotatable bonds is 8. The van der Waals surface area contributed by atoms with Crippen LogP contribution < -0.4 is 5.32 Å². The molecule has 0 aromatic rings. The molecule has 1 aliphatic rings. The van der Waals surface area contributed by atoms with Crippen molar-refractivity contribution in [1.82, 2.24) is 5.32 Å². The Morgan fingerprint density at radius 3 is 2.15 bits per heavy atom. The van der Waals surface area contributed by atoms with Gasteiger partial charge in [-0.3, -0.25) is 0 Å². The normalized spacial score (nSPS) is 25.6. The van der Waals surface area contributed by atoms with E-state index in [1.54, 1.807) is 0 Å². The molecule has 0 heterocycles. The van der Waals surface area contributed by atoms with E-state index < -0.39 is 0 Å². The van der Waals surface area contributed by atoms with Crippen molar-refractivity contribution < 1.29 is 0 Å². The van der Waals surface area contributed by atoms with E-state index in [0.717, 1.165) is 17.9 Å². The molecular formula is C19H39N. The van der Waals surface area contributed by atoms with Crippen LogP contribution in [0.3, 0.4) is 0 Å². The van der Waals surface area contributed by atoms with Gasteiger partial charge in [-0.15, -0.1) is 0 Å². The van der Waals surface area contributed by atoms with Crippen LogP contribution in [0.5, 0.6) is 0 Å². The predicted molar refractivity (Wildman–Crippen MR) is 91.1 cm³/mol. The second-order valence-electron chi connectivity index (χ2n) is 8.23. The SMILES string of the molecule is CCCNC(CCC(C)(C)C)C1CCC(CCC)CC1. The van der Waals surface area contributed by atoms with Crippen LogP contribution in [0.15, 0.2) is 0 Å². The molecule has 0 saturated heterocycles. The Bertz CT molecular complexity index is 233. The van der Waals surface area contributed by atoms with E-state index in [1.165, 1.54) is 64.3 Å². The van der Waals surface area contributed by atoms with E-state index in [-0.39, 0.29) is 0 Å². The summed E-state index contributed by atoms with van der Waals surface area (Å²) >= 11 is 0. The van der Waals surface area contributed by atoms with Crippen molar-refractivity contribution in [3.8, 4) is 0 Å². The van der Waals surface area contributed by atoms with Crippen LogP contribution in [-0.2, 0) is 0 Å². The van der Waals surface area contributed by atoms with Crippen molar-refractivity contribution in [1.29, 1.82) is 0 Å². The summed E-state index contributed by atoms with van der Waals surface area (Å²) in [6, 6.07) is 0.775. The van der Waals surface area contributed by atoms with Gasteiger partial charge >= 0.3 is 0 Å². The summed E-state index contributed by atoms with van der Waals surface area (Å²) < 4.78 is 0. The lowest BCUT2D eigenvalue weighted by atomic mass is 9.75. The van der Waals surface area contributed by atoms with Crippen LogP contribution in [0.4, 0.5) is 0 Å². The van der Waals surface area contributed by atoms with Crippen LogP contribution in [0, 0.1) is 17.3 Å². The topological polar surface area (TPSA) is 12.0 Å². The van der Waals surface area contributed by atoms with Gasteiger partial charge < -0.3 is 5.32 Å². The molecule has 0 radical (unpaired) electrons. The van der Waals surface area contributed by atoms with Gasteiger partial charge in [-0.2, -0.15) is 0 Å². The molecular weight excluding hydrogens is 242 g/mol. The lowest BCUT2D eigenvalue weighted by molar-refractivity contribution is 0.193. The summed E-state index contributed by atoms with van der Waals surface area (Å²) in [5, 5.41) is 3.86. The Hall–Kier alpha value is -0.0400. The maximum atomic E-state index is 3.86. The van der Waals surface area contributed by atoms with Crippen molar-refractivity contribution in [3.05, 3.63) is 0 Å². The van der Waals surface area contributed by atoms with E-state index in [4.69, 9.17) is 0 Å². The minimum atomic E-state index is 0.478. The van der Waals surface area contributed by atoms with Gasteiger partial charge in [-0.05, 0) is 55.9 Å². The third-order valence-corrected chi connectivity index (χ3v) is 5.02. The summed E-state index contributed by atoms with van der Waals surface area (Å²) in [4.78, 5) is 0. The highest BCUT2D eigenvalue weighted by atomic mass is 14.9. The molecule has 20 heavy (non-hydrogen) atoms. The molecule has 0 aliphatic heterocycles. The minimum Gasteiger partial charge on any atom is -0.314 e. The zero-order valence-corrected chi connectivity index (χ0v) is 14.8. The van der Waals surface area contributed by atoms with Crippen LogP contribution in [0.1, 0.15) is 92.4 Å². The monoisotopic (exact) mass is 281 g/mol. The largest absolute Gasteiger partial charge is 0.314 e. The highest BCUT2D eigenvalue weighted by molar-refractivity contribution is 4.83. The second-order valence-corrected chi connectivity index (χ2v) is 8.23. The first-order chi connectivity index (χ1) is 9.46. The van der Waals surface area contributed by atoms with Crippen LogP contribution in [-0.4, -0.2) is 12.6 Å². The first-order valence-corrected chi connectivity index (χ1v) is 9.19. The van der Waals surface area contributed by atoms with Gasteiger partial charge in [0.2, 0.25) is 0 Å². The summed E-state index contributed by atoms with van der Waals surface area (Å²) in [7, 11) is 0. The van der Waals surface area contributed by atoms with E-state index in [0.29, 0.717) is 5.41 Å². The molecule has 1 unspecified atom stereocenters. The van der Waals surface area contributed by atoms with Gasteiger partial charge in [-0.25, -0.2) is 0 Å². The summed E-state index contributed by atoms with van der Waals surface area (Å²) in [6.45, 7) is 12.9. The standard InChI is InChI=1S/C19H39N/c1-6-8-16-9-11-17(12-10-16)18(20-15-7-2)13-14-19(3,4)5/h16-18,20H,6-15H2,1-5H3. The first kappa shape index (κ1) is 18.0. The molecule has 1 aliphatic carbocycles. The Labute approximate surface area is 128 Å². The molecule has 0 amide bonds. The Morgan fingerprint density at radius 2 is 1.65 bits per heavy atom. The molecule has 1 fully saturated rings. The fraction of sp³-hybridized carbons (Fsp3) is 1.00. The van der Waals surface area contributed by atoms with Gasteiger partial charge in [-0.1, -0.05) is 60.3 Å². The Morgan fingerprint density at radius 1 is 1.00 bits per heavy atom. The van der Waals surface area contributed by atoms with Crippen LogP contribution >= 0.6 is 0 Å². The Balaban J connectivity index is 2.43. The van der Waals surface area contributed by atoms with E-state index in [9.17, 15) is 0 Å². The summed E-state index contributed by atoms with van der Waals surface area (Å²) in [6.07, 6.45) is 12.7. The molecule has 1 heteroatoms. The maximum absolute atomic E-state index is 3.86. The molecule has 0 bridgehead atoms. The number of hydrogen-bond acceptors (Lipinski definition) is 1. The zero-order valence-electron chi connectivity index (χ0n) is 14.8. The molecule has 1 N–H and O–H groups in total. The summed E-state index contributed by atoms with van der Waals surface area (Å²) in [5.41, 5.74) is 0.478. The quantitative estimate of drug-likeness (QED) is 0.594. The number of nitrogens with one attached hydrogen (secondary N) is 1. The van der Waals surface area contributed by atoms with Gasteiger partial charge in [0.15, 0.2) is 0 Å². The van der Waals surface area contributed by atoms with E-state index in [1.807, 2.05) is 0 Å². The van der Waals surface area contributed by atoms with Gasteiger partial charge in [0, 0.05) is 6.04 Å². The molecule has 1 nitrogen and oxygen atoms in total. The lowest BCUT2D eigenvalue weighted by Gasteiger charge is -2.35. The summed E-state index contributed by atoms with van der Waals surface area (Å²) in [5.74, 6) is 1.97. The average Bonchev–Trinajstić information content (AvgIpc) is 2.39. The van der Waals surface area contributed by atoms with Crippen molar-refractivity contribution in [2.24, 2.45) is 17.3 Å². The zero-order chi connectivity index (χ0) is 15.0. The first-order valence-electron chi connectivity index (χ1n) is 9.19. The average molecular weight is 282 g/mol. The van der Waals surface area contributed by atoms with Gasteiger partial charge in [0.1, 0.15) is 0 Å². The molecule has 0 aromatic carbocycles. The maximum Gasteiger partial charge on any atom is 0.00955 e. The molecule has 0 aromatic heterocycles. The minimum absolute atomic E-state index is 0.478. The lowest BCUT2D eigenvalue weighted by Crippen LogP contribution is -2.39. The molecule has 0 spiro atoms. The molecule has 1 rings (SSSR count). The van der Waals surface area contributed by atoms with Crippen molar-refractivity contribution in [2.45, 2.75) is 98.4 Å². The molecule has 120 valence electrons. The number of hydrogen-bond donors (Lipinski definition) is 1. The smallest absolute Gasteiger partial charge is 0.00955 e. The van der Waals surface area contributed by atoms with Gasteiger partial charge in [0.05, 0.1) is 0 Å². The van der Waals surface area contributed by atoms with Crippen molar-refractivity contribution in [3.63, 3.8) is 0 Å². The van der Waals surface area contributed by atoms with Gasteiger partial charge in [0.25, 0.3) is 0 Å². The fourth-order valence-electron chi connectivity index (χ4n) is 3.71. The van der Waals surface area contributed by atoms with Crippen LogP contribution in [0.25, 0.3) is 0 Å². The van der Waals surface area contributed by atoms with Crippen molar-refractivity contribution >= 4 is 0 Å². The Kier molecular flexibility index (Phi) is 8.17. The highest BCUT2D eigenvalue weighted by Gasteiger charge is 2.27. The fourth-order valence-corrected chi connectivity index (χ4v) is 3.71. The van der Waals surface area contributed by atoms with E-state index >= 15 is 0 Å². The third kappa shape index (κ3) is 7.11. The third-order valence-electron chi connectivity index (χ3n) is 5.02. The second kappa shape index (κ2) is 9.07. The highest BCUT2D eigenvalue weighted by Crippen LogP contribution is 2.35. The molecule has 1 saturated carbocycles. The van der Waals surface area contributed by atoms with Crippen molar-refractivity contribution in [2.75, 3.05) is 6.54 Å². The predicted octanol–water partition coefficient (Wildman–Crippen LogP) is 5.79. The van der Waals surface area contributed by atoms with E-state index in [2.05, 4.69) is 39.9 Å². The van der Waals surface area contributed by atoms with Crippen LogP contribution in [0.2, 0.25) is 0 Å². The molecule has 1 atom stereocenters.